The maximum absolute atomic E-state index is 5.49. The normalized spacial score (nSPS) is 10.4. The minimum Gasteiger partial charge on any atom is -0.493 e. The molecule has 6 heteroatoms. The lowest BCUT2D eigenvalue weighted by molar-refractivity contribution is 0.350. The molecule has 2 rings (SSSR count). The summed E-state index contributed by atoms with van der Waals surface area (Å²) in [5, 5.41) is 3.45. The molecule has 0 heterocycles. The molecular formula is C19H24BrNO4. The third-order valence-electron chi connectivity index (χ3n) is 3.93. The van der Waals surface area contributed by atoms with Crippen molar-refractivity contribution in [2.24, 2.45) is 0 Å². The Hall–Kier alpha value is -1.92. The first-order valence-corrected chi connectivity index (χ1v) is 8.74. The van der Waals surface area contributed by atoms with Gasteiger partial charge in [-0.05, 0) is 42.8 Å². The molecule has 2 aromatic carbocycles. The van der Waals surface area contributed by atoms with Crippen molar-refractivity contribution in [3.8, 4) is 23.0 Å². The van der Waals surface area contributed by atoms with Gasteiger partial charge in [0.1, 0.15) is 0 Å². The Bertz CT molecular complexity index is 706. The van der Waals surface area contributed by atoms with E-state index in [9.17, 15) is 0 Å². The molecule has 0 aliphatic rings. The number of ether oxygens (including phenoxy) is 4. The lowest BCUT2D eigenvalue weighted by Gasteiger charge is -2.15. The zero-order valence-electron chi connectivity index (χ0n) is 15.0. The van der Waals surface area contributed by atoms with Crippen molar-refractivity contribution in [1.29, 1.82) is 0 Å². The van der Waals surface area contributed by atoms with Crippen molar-refractivity contribution in [1.82, 2.24) is 5.32 Å². The number of benzene rings is 2. The molecule has 0 aromatic heterocycles. The van der Waals surface area contributed by atoms with Crippen molar-refractivity contribution in [3.05, 3.63) is 45.9 Å². The second-order valence-corrected chi connectivity index (χ2v) is 6.23. The van der Waals surface area contributed by atoms with E-state index in [2.05, 4.69) is 21.2 Å². The fourth-order valence-electron chi connectivity index (χ4n) is 2.61. The smallest absolute Gasteiger partial charge is 0.166 e. The highest BCUT2D eigenvalue weighted by Gasteiger charge is 2.13. The van der Waals surface area contributed by atoms with Crippen LogP contribution in [0.25, 0.3) is 0 Å². The summed E-state index contributed by atoms with van der Waals surface area (Å²) in [5.74, 6) is 2.96. The summed E-state index contributed by atoms with van der Waals surface area (Å²) in [6.45, 7) is 1.50. The van der Waals surface area contributed by atoms with Gasteiger partial charge in [0, 0.05) is 16.6 Å². The Morgan fingerprint density at radius 3 is 2.16 bits per heavy atom. The SMILES string of the molecule is COc1ccc(CCNCc2c(Br)ccc(OC)c2OC)cc1OC. The largest absolute Gasteiger partial charge is 0.493 e. The maximum Gasteiger partial charge on any atom is 0.166 e. The highest BCUT2D eigenvalue weighted by atomic mass is 79.9. The van der Waals surface area contributed by atoms with Crippen molar-refractivity contribution in [2.45, 2.75) is 13.0 Å². The molecule has 0 unspecified atom stereocenters. The molecule has 136 valence electrons. The molecule has 0 spiro atoms. The predicted molar refractivity (Wildman–Crippen MR) is 102 cm³/mol. The fourth-order valence-corrected chi connectivity index (χ4v) is 3.07. The highest BCUT2D eigenvalue weighted by Crippen LogP contribution is 2.35. The zero-order valence-corrected chi connectivity index (χ0v) is 16.6. The lowest BCUT2D eigenvalue weighted by atomic mass is 10.1. The van der Waals surface area contributed by atoms with Crippen LogP contribution in [0.5, 0.6) is 23.0 Å². The van der Waals surface area contributed by atoms with Crippen LogP contribution in [0.4, 0.5) is 0 Å². The molecule has 0 saturated carbocycles. The van der Waals surface area contributed by atoms with Crippen LogP contribution in [0.15, 0.2) is 34.8 Å². The van der Waals surface area contributed by atoms with Gasteiger partial charge in [0.2, 0.25) is 0 Å². The number of methoxy groups -OCH3 is 4. The average molecular weight is 410 g/mol. The first kappa shape index (κ1) is 19.4. The minimum atomic E-state index is 0.675. The molecule has 0 aliphatic heterocycles. The van der Waals surface area contributed by atoms with Crippen molar-refractivity contribution < 1.29 is 18.9 Å². The third-order valence-corrected chi connectivity index (χ3v) is 4.67. The molecule has 0 saturated heterocycles. The van der Waals surface area contributed by atoms with Gasteiger partial charge in [-0.15, -0.1) is 0 Å². The first-order chi connectivity index (χ1) is 12.1. The fraction of sp³-hybridized carbons (Fsp3) is 0.368. The second-order valence-electron chi connectivity index (χ2n) is 5.38. The van der Waals surface area contributed by atoms with E-state index in [0.29, 0.717) is 6.54 Å². The predicted octanol–water partition coefficient (Wildman–Crippen LogP) is 3.82. The molecular weight excluding hydrogens is 386 g/mol. The molecule has 5 nitrogen and oxygen atoms in total. The van der Waals surface area contributed by atoms with Crippen molar-refractivity contribution >= 4 is 15.9 Å². The van der Waals surface area contributed by atoms with Crippen LogP contribution in [0.1, 0.15) is 11.1 Å². The summed E-state index contributed by atoms with van der Waals surface area (Å²) in [4.78, 5) is 0. The summed E-state index contributed by atoms with van der Waals surface area (Å²) in [5.41, 5.74) is 2.22. The van der Waals surface area contributed by atoms with E-state index in [1.54, 1.807) is 28.4 Å². The number of halogens is 1. The Balaban J connectivity index is 1.98. The monoisotopic (exact) mass is 409 g/mol. The van der Waals surface area contributed by atoms with Crippen LogP contribution in [0.2, 0.25) is 0 Å². The minimum absolute atomic E-state index is 0.675. The number of hydrogen-bond acceptors (Lipinski definition) is 5. The zero-order chi connectivity index (χ0) is 18.2. The van der Waals surface area contributed by atoms with Crippen LogP contribution in [-0.2, 0) is 13.0 Å². The van der Waals surface area contributed by atoms with Crippen LogP contribution >= 0.6 is 15.9 Å². The summed E-state index contributed by atoms with van der Waals surface area (Å²) in [7, 11) is 6.57. The topological polar surface area (TPSA) is 49.0 Å². The van der Waals surface area contributed by atoms with E-state index in [0.717, 1.165) is 46.0 Å². The average Bonchev–Trinajstić information content (AvgIpc) is 2.65. The van der Waals surface area contributed by atoms with Gasteiger partial charge in [-0.25, -0.2) is 0 Å². The van der Waals surface area contributed by atoms with E-state index >= 15 is 0 Å². The first-order valence-electron chi connectivity index (χ1n) is 7.95. The van der Waals surface area contributed by atoms with E-state index in [4.69, 9.17) is 18.9 Å². The lowest BCUT2D eigenvalue weighted by Crippen LogP contribution is -2.17. The highest BCUT2D eigenvalue weighted by molar-refractivity contribution is 9.10. The quantitative estimate of drug-likeness (QED) is 0.637. The van der Waals surface area contributed by atoms with Gasteiger partial charge in [0.05, 0.1) is 28.4 Å². The van der Waals surface area contributed by atoms with Crippen molar-refractivity contribution in [2.75, 3.05) is 35.0 Å². The Labute approximate surface area is 157 Å². The Kier molecular flexibility index (Phi) is 7.40. The molecule has 0 atom stereocenters. The Morgan fingerprint density at radius 2 is 1.52 bits per heavy atom. The van der Waals surface area contributed by atoms with Crippen LogP contribution in [0, 0.1) is 0 Å². The van der Waals surface area contributed by atoms with Crippen LogP contribution < -0.4 is 24.3 Å². The molecule has 0 amide bonds. The molecule has 25 heavy (non-hydrogen) atoms. The van der Waals surface area contributed by atoms with E-state index in [1.165, 1.54) is 5.56 Å². The molecule has 0 aliphatic carbocycles. The molecule has 1 N–H and O–H groups in total. The molecule has 2 aromatic rings. The van der Waals surface area contributed by atoms with E-state index < -0.39 is 0 Å². The third kappa shape index (κ3) is 4.80. The van der Waals surface area contributed by atoms with Crippen LogP contribution in [0.3, 0.4) is 0 Å². The second kappa shape index (κ2) is 9.53. The van der Waals surface area contributed by atoms with Crippen molar-refractivity contribution in [3.63, 3.8) is 0 Å². The van der Waals surface area contributed by atoms with Gasteiger partial charge in [0.15, 0.2) is 23.0 Å². The number of hydrogen-bond donors (Lipinski definition) is 1. The van der Waals surface area contributed by atoms with Crippen LogP contribution in [-0.4, -0.2) is 35.0 Å². The van der Waals surface area contributed by atoms with Gasteiger partial charge in [-0.1, -0.05) is 22.0 Å². The summed E-state index contributed by atoms with van der Waals surface area (Å²) in [6.07, 6.45) is 0.879. The standard InChI is InChI=1S/C19H24BrNO4/c1-22-16-7-5-13(11-18(16)24-3)9-10-21-12-14-15(20)6-8-17(23-2)19(14)25-4/h5-8,11,21H,9-10,12H2,1-4H3. The van der Waals surface area contributed by atoms with Gasteiger partial charge in [-0.2, -0.15) is 0 Å². The molecule has 0 radical (unpaired) electrons. The van der Waals surface area contributed by atoms with Gasteiger partial charge in [0.25, 0.3) is 0 Å². The summed E-state index contributed by atoms with van der Waals surface area (Å²) in [6, 6.07) is 9.83. The van der Waals surface area contributed by atoms with Gasteiger partial charge < -0.3 is 24.3 Å². The summed E-state index contributed by atoms with van der Waals surface area (Å²) >= 11 is 3.58. The number of rotatable bonds is 9. The Morgan fingerprint density at radius 1 is 0.840 bits per heavy atom. The van der Waals surface area contributed by atoms with E-state index in [1.807, 2.05) is 30.3 Å². The van der Waals surface area contributed by atoms with Gasteiger partial charge >= 0.3 is 0 Å². The summed E-state index contributed by atoms with van der Waals surface area (Å²) < 4.78 is 22.4. The molecule has 0 bridgehead atoms. The molecule has 0 fully saturated rings. The maximum atomic E-state index is 5.49. The van der Waals surface area contributed by atoms with E-state index in [-0.39, 0.29) is 0 Å². The van der Waals surface area contributed by atoms with Gasteiger partial charge in [-0.3, -0.25) is 0 Å². The number of nitrogens with one attached hydrogen (secondary N) is 1.